The van der Waals surface area contributed by atoms with E-state index in [4.69, 9.17) is 0 Å². The van der Waals surface area contributed by atoms with Crippen molar-refractivity contribution in [3.05, 3.63) is 95.6 Å². The van der Waals surface area contributed by atoms with Crippen LogP contribution in [-0.4, -0.2) is 0 Å². The molecule has 0 radical (unpaired) electrons. The summed E-state index contributed by atoms with van der Waals surface area (Å²) in [6.07, 6.45) is 19.2. The van der Waals surface area contributed by atoms with Crippen LogP contribution >= 0.6 is 0 Å². The van der Waals surface area contributed by atoms with Gasteiger partial charge in [-0.25, -0.2) is 0 Å². The van der Waals surface area contributed by atoms with Crippen LogP contribution in [0.1, 0.15) is 24.8 Å². The first-order valence-electron chi connectivity index (χ1n) is 7.33. The van der Waals surface area contributed by atoms with Crippen LogP contribution < -0.4 is 0 Å². The van der Waals surface area contributed by atoms with Crippen LogP contribution in [0.15, 0.2) is 90.1 Å². The van der Waals surface area contributed by atoms with Crippen LogP contribution in [0, 0.1) is 5.92 Å². The summed E-state index contributed by atoms with van der Waals surface area (Å²) in [7, 11) is 0. The van der Waals surface area contributed by atoms with E-state index in [1.54, 1.807) is 0 Å². The van der Waals surface area contributed by atoms with Gasteiger partial charge < -0.3 is 0 Å². The quantitative estimate of drug-likeness (QED) is 0.673. The summed E-state index contributed by atoms with van der Waals surface area (Å²) in [6, 6.07) is 10.6. The van der Waals surface area contributed by atoms with Crippen LogP contribution in [0.2, 0.25) is 0 Å². The van der Waals surface area contributed by atoms with Crippen molar-refractivity contribution in [2.24, 2.45) is 5.92 Å². The van der Waals surface area contributed by atoms with Crippen LogP contribution in [0.4, 0.5) is 0 Å². The largest absolute Gasteiger partial charge is 0.0808 e. The van der Waals surface area contributed by atoms with Crippen molar-refractivity contribution in [3.8, 4) is 0 Å². The summed E-state index contributed by atoms with van der Waals surface area (Å²) in [5.74, 6) is 1.04. The maximum atomic E-state index is 2.34. The first kappa shape index (κ1) is 12.9. The standard InChI is InChI=1S/C20H20/c1-16-10-12-20(13-11-16)19-9-5-8-18(14-15-19)17-6-3-2-4-7-17/h2-10,12-16,18H,11H2,1H3. The minimum Gasteiger partial charge on any atom is -0.0808 e. The molecular formula is C20H20. The lowest BCUT2D eigenvalue weighted by molar-refractivity contribution is 0.732. The molecule has 0 bridgehead atoms. The second-order valence-electron chi connectivity index (χ2n) is 5.53. The third kappa shape index (κ3) is 2.91. The summed E-state index contributed by atoms with van der Waals surface area (Å²) in [4.78, 5) is 0. The average molecular weight is 260 g/mol. The van der Waals surface area contributed by atoms with Crippen molar-refractivity contribution in [3.63, 3.8) is 0 Å². The number of rotatable bonds is 2. The Morgan fingerprint density at radius 3 is 2.45 bits per heavy atom. The van der Waals surface area contributed by atoms with E-state index >= 15 is 0 Å². The third-order valence-corrected chi connectivity index (χ3v) is 3.91. The van der Waals surface area contributed by atoms with E-state index < -0.39 is 0 Å². The van der Waals surface area contributed by atoms with Gasteiger partial charge in [0, 0.05) is 5.92 Å². The molecule has 0 fully saturated rings. The SMILES string of the molecule is CC1C=CC(C2=CC=CC(c3ccccc3)C=C2)=CC1. The zero-order valence-electron chi connectivity index (χ0n) is 11.9. The van der Waals surface area contributed by atoms with Crippen LogP contribution in [0.3, 0.4) is 0 Å². The Labute approximate surface area is 121 Å². The molecule has 1 aromatic carbocycles. The highest BCUT2D eigenvalue weighted by Crippen LogP contribution is 2.27. The molecule has 2 atom stereocenters. The lowest BCUT2D eigenvalue weighted by atomic mass is 9.93. The van der Waals surface area contributed by atoms with Crippen molar-refractivity contribution in [2.45, 2.75) is 19.3 Å². The zero-order chi connectivity index (χ0) is 13.8. The summed E-state index contributed by atoms with van der Waals surface area (Å²) in [5.41, 5.74) is 4.00. The maximum Gasteiger partial charge on any atom is 0.0205 e. The van der Waals surface area contributed by atoms with Crippen molar-refractivity contribution in [2.75, 3.05) is 0 Å². The molecule has 0 amide bonds. The van der Waals surface area contributed by atoms with Gasteiger partial charge in [0.1, 0.15) is 0 Å². The fourth-order valence-electron chi connectivity index (χ4n) is 2.64. The third-order valence-electron chi connectivity index (χ3n) is 3.91. The summed E-state index contributed by atoms with van der Waals surface area (Å²) < 4.78 is 0. The van der Waals surface area contributed by atoms with E-state index in [9.17, 15) is 0 Å². The van der Waals surface area contributed by atoms with E-state index in [1.165, 1.54) is 16.7 Å². The molecular weight excluding hydrogens is 240 g/mol. The Balaban J connectivity index is 1.80. The van der Waals surface area contributed by atoms with Crippen molar-refractivity contribution in [1.29, 1.82) is 0 Å². The van der Waals surface area contributed by atoms with E-state index in [0.717, 1.165) is 6.42 Å². The van der Waals surface area contributed by atoms with E-state index in [0.29, 0.717) is 11.8 Å². The van der Waals surface area contributed by atoms with Gasteiger partial charge in [-0.3, -0.25) is 0 Å². The first-order valence-corrected chi connectivity index (χ1v) is 7.33. The molecule has 0 N–H and O–H groups in total. The molecule has 3 rings (SSSR count). The molecule has 2 aliphatic carbocycles. The molecule has 0 heterocycles. The number of hydrogen-bond acceptors (Lipinski definition) is 0. The van der Waals surface area contributed by atoms with Gasteiger partial charge in [0.2, 0.25) is 0 Å². The first-order chi connectivity index (χ1) is 9.83. The monoisotopic (exact) mass is 260 g/mol. The van der Waals surface area contributed by atoms with E-state index in [2.05, 4.69) is 85.9 Å². The molecule has 0 nitrogen and oxygen atoms in total. The fraction of sp³-hybridized carbons (Fsp3) is 0.200. The summed E-state index contributed by atoms with van der Waals surface area (Å²) in [5, 5.41) is 0. The Hall–Kier alpha value is -2.08. The molecule has 1 aromatic rings. The Morgan fingerprint density at radius 1 is 0.900 bits per heavy atom. The molecule has 0 aliphatic heterocycles. The second kappa shape index (κ2) is 5.92. The van der Waals surface area contributed by atoms with Gasteiger partial charge in [0.05, 0.1) is 0 Å². The Bertz CT molecular complexity index is 609. The van der Waals surface area contributed by atoms with Gasteiger partial charge in [-0.1, -0.05) is 85.9 Å². The van der Waals surface area contributed by atoms with Gasteiger partial charge in [0.15, 0.2) is 0 Å². The molecule has 100 valence electrons. The van der Waals surface area contributed by atoms with Gasteiger partial charge in [-0.15, -0.1) is 0 Å². The van der Waals surface area contributed by atoms with Gasteiger partial charge in [-0.2, -0.15) is 0 Å². The molecule has 0 aromatic heterocycles. The fourth-order valence-corrected chi connectivity index (χ4v) is 2.64. The Kier molecular flexibility index (Phi) is 3.83. The molecule has 20 heavy (non-hydrogen) atoms. The Morgan fingerprint density at radius 2 is 1.70 bits per heavy atom. The van der Waals surface area contributed by atoms with Crippen LogP contribution in [0.25, 0.3) is 0 Å². The molecule has 0 saturated heterocycles. The van der Waals surface area contributed by atoms with Crippen molar-refractivity contribution in [1.82, 2.24) is 0 Å². The van der Waals surface area contributed by atoms with Gasteiger partial charge in [-0.05, 0) is 29.0 Å². The highest BCUT2D eigenvalue weighted by molar-refractivity contribution is 5.51. The normalized spacial score (nSPS) is 25.1. The lowest BCUT2D eigenvalue weighted by Crippen LogP contribution is -1.95. The van der Waals surface area contributed by atoms with Crippen molar-refractivity contribution < 1.29 is 0 Å². The van der Waals surface area contributed by atoms with E-state index in [-0.39, 0.29) is 0 Å². The zero-order valence-corrected chi connectivity index (χ0v) is 11.9. The second-order valence-corrected chi connectivity index (χ2v) is 5.53. The number of allylic oxidation sites excluding steroid dienone is 10. The van der Waals surface area contributed by atoms with Gasteiger partial charge >= 0.3 is 0 Å². The topological polar surface area (TPSA) is 0 Å². The lowest BCUT2D eigenvalue weighted by Gasteiger charge is -2.12. The summed E-state index contributed by atoms with van der Waals surface area (Å²) >= 11 is 0. The number of benzene rings is 1. The highest BCUT2D eigenvalue weighted by Gasteiger charge is 2.09. The average Bonchev–Trinajstić information content (AvgIpc) is 2.75. The molecule has 2 aliphatic rings. The van der Waals surface area contributed by atoms with Gasteiger partial charge in [0.25, 0.3) is 0 Å². The predicted octanol–water partition coefficient (Wildman–Crippen LogP) is 5.35. The van der Waals surface area contributed by atoms with Crippen LogP contribution in [0.5, 0.6) is 0 Å². The smallest absolute Gasteiger partial charge is 0.0205 e. The predicted molar refractivity (Wildman–Crippen MR) is 86.6 cm³/mol. The molecule has 0 heteroatoms. The minimum atomic E-state index is 0.372. The number of hydrogen-bond donors (Lipinski definition) is 0. The molecule has 2 unspecified atom stereocenters. The van der Waals surface area contributed by atoms with Crippen LogP contribution in [-0.2, 0) is 0 Å². The molecule has 0 saturated carbocycles. The summed E-state index contributed by atoms with van der Waals surface area (Å²) in [6.45, 7) is 2.26. The van der Waals surface area contributed by atoms with E-state index in [1.807, 2.05) is 0 Å². The highest BCUT2D eigenvalue weighted by atomic mass is 14.1. The van der Waals surface area contributed by atoms with Crippen molar-refractivity contribution >= 4 is 0 Å². The minimum absolute atomic E-state index is 0.372. The maximum absolute atomic E-state index is 2.34. The molecule has 0 spiro atoms.